The summed E-state index contributed by atoms with van der Waals surface area (Å²) in [5.74, 6) is -0.909. The Balaban J connectivity index is 1.21. The summed E-state index contributed by atoms with van der Waals surface area (Å²) in [4.78, 5) is 27.8. The van der Waals surface area contributed by atoms with Gasteiger partial charge in [-0.05, 0) is 61.8 Å². The van der Waals surface area contributed by atoms with E-state index in [0.29, 0.717) is 25.2 Å². The van der Waals surface area contributed by atoms with Gasteiger partial charge in [0, 0.05) is 30.0 Å². The standard InChI is InChI=1S/C33H37N3O5S/c37-32(31-24-28-17-7-8-19-30(28)36(31)22-11-16-26-12-3-1-4-13-26)34-42(39,40)23-20-29-18-9-10-21-35(29)33(38)41-25-27-14-5-2-6-15-27/h1-8,12-15,17,19,24,29H,9-11,16,18,20-23,25H2,(H,34,37)/t29-/m1/s1. The van der Waals surface area contributed by atoms with E-state index in [0.717, 1.165) is 42.1 Å². The van der Waals surface area contributed by atoms with Crippen LogP contribution in [0.1, 0.15) is 53.7 Å². The number of fused-ring (bicyclic) bond motifs is 1. The molecule has 1 N–H and O–H groups in total. The third-order valence-electron chi connectivity index (χ3n) is 7.77. The number of ether oxygens (including phenoxy) is 1. The summed E-state index contributed by atoms with van der Waals surface area (Å²) in [5.41, 5.74) is 3.31. The van der Waals surface area contributed by atoms with Gasteiger partial charge in [-0.15, -0.1) is 0 Å². The van der Waals surface area contributed by atoms with E-state index in [1.54, 1.807) is 11.0 Å². The average molecular weight is 588 g/mol. The van der Waals surface area contributed by atoms with Crippen molar-refractivity contribution in [2.45, 2.75) is 57.7 Å². The van der Waals surface area contributed by atoms with Gasteiger partial charge >= 0.3 is 6.09 Å². The van der Waals surface area contributed by atoms with Crippen LogP contribution in [0.3, 0.4) is 0 Å². The summed E-state index contributed by atoms with van der Waals surface area (Å²) in [6, 6.07) is 28.7. The number of carbonyl (C=O) groups excluding carboxylic acids is 2. The van der Waals surface area contributed by atoms with E-state index in [1.807, 2.05) is 77.4 Å². The summed E-state index contributed by atoms with van der Waals surface area (Å²) in [6.07, 6.45) is 3.87. The Kier molecular flexibility index (Phi) is 9.59. The van der Waals surface area contributed by atoms with Crippen LogP contribution >= 0.6 is 0 Å². The fourth-order valence-corrected chi connectivity index (χ4v) is 6.68. The maximum Gasteiger partial charge on any atom is 0.410 e. The average Bonchev–Trinajstić information content (AvgIpc) is 3.39. The lowest BCUT2D eigenvalue weighted by atomic mass is 10.0. The zero-order chi connectivity index (χ0) is 29.4. The second-order valence-electron chi connectivity index (χ2n) is 10.8. The summed E-state index contributed by atoms with van der Waals surface area (Å²) in [7, 11) is -3.94. The van der Waals surface area contributed by atoms with Crippen molar-refractivity contribution in [1.29, 1.82) is 0 Å². The quantitative estimate of drug-likeness (QED) is 0.235. The Morgan fingerprint density at radius 3 is 2.33 bits per heavy atom. The summed E-state index contributed by atoms with van der Waals surface area (Å²) < 4.78 is 35.9. The Bertz CT molecular complexity index is 1600. The van der Waals surface area contributed by atoms with Gasteiger partial charge in [0.05, 0.1) is 5.75 Å². The molecule has 0 radical (unpaired) electrons. The highest BCUT2D eigenvalue weighted by molar-refractivity contribution is 7.90. The van der Waals surface area contributed by atoms with Gasteiger partial charge in [0.25, 0.3) is 5.91 Å². The van der Waals surface area contributed by atoms with E-state index in [9.17, 15) is 18.0 Å². The Morgan fingerprint density at radius 1 is 0.881 bits per heavy atom. The van der Waals surface area contributed by atoms with Crippen molar-refractivity contribution in [2.75, 3.05) is 12.3 Å². The minimum atomic E-state index is -3.94. The van der Waals surface area contributed by atoms with Crippen molar-refractivity contribution in [1.82, 2.24) is 14.2 Å². The predicted octanol–water partition coefficient (Wildman–Crippen LogP) is 5.92. The molecule has 1 aromatic heterocycles. The van der Waals surface area contributed by atoms with E-state index >= 15 is 0 Å². The Morgan fingerprint density at radius 2 is 1.57 bits per heavy atom. The number of benzene rings is 3. The molecule has 0 unspecified atom stereocenters. The molecule has 1 saturated heterocycles. The normalized spacial score (nSPS) is 15.4. The van der Waals surface area contributed by atoms with Crippen molar-refractivity contribution in [3.63, 3.8) is 0 Å². The first-order chi connectivity index (χ1) is 20.4. The highest BCUT2D eigenvalue weighted by Gasteiger charge is 2.30. The smallest absolute Gasteiger partial charge is 0.410 e. The van der Waals surface area contributed by atoms with Crippen molar-refractivity contribution in [3.8, 4) is 0 Å². The first kappa shape index (κ1) is 29.4. The number of hydrogen-bond donors (Lipinski definition) is 1. The third kappa shape index (κ3) is 7.59. The minimum Gasteiger partial charge on any atom is -0.445 e. The molecule has 0 spiro atoms. The van der Waals surface area contributed by atoms with Gasteiger partial charge in [0.15, 0.2) is 0 Å². The number of nitrogens with zero attached hydrogens (tertiary/aromatic N) is 2. The molecule has 1 aliphatic rings. The van der Waals surface area contributed by atoms with E-state index in [4.69, 9.17) is 4.74 Å². The maximum absolute atomic E-state index is 13.3. The van der Waals surface area contributed by atoms with Crippen LogP contribution in [0.2, 0.25) is 0 Å². The third-order valence-corrected chi connectivity index (χ3v) is 9.04. The molecule has 0 bridgehead atoms. The lowest BCUT2D eigenvalue weighted by Gasteiger charge is -2.34. The molecule has 0 aliphatic carbocycles. The number of aryl methyl sites for hydroxylation is 2. The second kappa shape index (κ2) is 13.7. The number of para-hydroxylation sites is 1. The number of piperidine rings is 1. The van der Waals surface area contributed by atoms with Crippen LogP contribution in [0, 0.1) is 0 Å². The monoisotopic (exact) mass is 587 g/mol. The van der Waals surface area contributed by atoms with Gasteiger partial charge in [-0.2, -0.15) is 0 Å². The van der Waals surface area contributed by atoms with E-state index in [2.05, 4.69) is 16.9 Å². The zero-order valence-electron chi connectivity index (χ0n) is 23.7. The van der Waals surface area contributed by atoms with E-state index in [1.165, 1.54) is 5.56 Å². The number of aromatic nitrogens is 1. The maximum atomic E-state index is 13.3. The molecule has 3 aromatic carbocycles. The molecule has 220 valence electrons. The molecular formula is C33H37N3O5S. The molecule has 1 atom stereocenters. The molecule has 8 nitrogen and oxygen atoms in total. The highest BCUT2D eigenvalue weighted by atomic mass is 32.2. The lowest BCUT2D eigenvalue weighted by Crippen LogP contribution is -2.45. The molecule has 9 heteroatoms. The predicted molar refractivity (Wildman–Crippen MR) is 164 cm³/mol. The number of carbonyl (C=O) groups is 2. The number of sulfonamides is 1. The van der Waals surface area contributed by atoms with Crippen molar-refractivity contribution >= 4 is 32.9 Å². The van der Waals surface area contributed by atoms with E-state index < -0.39 is 22.0 Å². The van der Waals surface area contributed by atoms with Crippen LogP contribution in [0.15, 0.2) is 91.0 Å². The number of nitrogens with one attached hydrogen (secondary N) is 1. The molecule has 2 heterocycles. The zero-order valence-corrected chi connectivity index (χ0v) is 24.5. The van der Waals surface area contributed by atoms with Gasteiger partial charge in [0.2, 0.25) is 10.0 Å². The molecular weight excluding hydrogens is 550 g/mol. The van der Waals surface area contributed by atoms with Crippen molar-refractivity contribution in [3.05, 3.63) is 108 Å². The van der Waals surface area contributed by atoms with Crippen LogP contribution in [0.5, 0.6) is 0 Å². The largest absolute Gasteiger partial charge is 0.445 e. The minimum absolute atomic E-state index is 0.163. The van der Waals surface area contributed by atoms with Gasteiger partial charge in [0.1, 0.15) is 12.3 Å². The van der Waals surface area contributed by atoms with Crippen LogP contribution in [-0.4, -0.2) is 48.2 Å². The molecule has 4 aromatic rings. The SMILES string of the molecule is O=C(NS(=O)(=O)CC[C@H]1CCCCN1C(=O)OCc1ccccc1)c1cc2ccccc2n1CCCc1ccccc1. The first-order valence-electron chi connectivity index (χ1n) is 14.5. The van der Waals surface area contributed by atoms with Crippen LogP contribution in [0.4, 0.5) is 4.79 Å². The number of amides is 2. The molecule has 1 fully saturated rings. The highest BCUT2D eigenvalue weighted by Crippen LogP contribution is 2.23. The second-order valence-corrected chi connectivity index (χ2v) is 12.6. The summed E-state index contributed by atoms with van der Waals surface area (Å²) in [5, 5.41) is 0.881. The van der Waals surface area contributed by atoms with Crippen molar-refractivity contribution < 1.29 is 22.7 Å². The van der Waals surface area contributed by atoms with Gasteiger partial charge in [-0.1, -0.05) is 78.9 Å². The lowest BCUT2D eigenvalue weighted by molar-refractivity contribution is 0.0672. The Hall–Kier alpha value is -4.11. The van der Waals surface area contributed by atoms with Gasteiger partial charge < -0.3 is 14.2 Å². The van der Waals surface area contributed by atoms with E-state index in [-0.39, 0.29) is 24.8 Å². The summed E-state index contributed by atoms with van der Waals surface area (Å²) >= 11 is 0. The van der Waals surface area contributed by atoms with Gasteiger partial charge in [-0.3, -0.25) is 4.79 Å². The number of hydrogen-bond acceptors (Lipinski definition) is 5. The fraction of sp³-hybridized carbons (Fsp3) is 0.333. The van der Waals surface area contributed by atoms with Crippen molar-refractivity contribution in [2.24, 2.45) is 0 Å². The molecule has 5 rings (SSSR count). The summed E-state index contributed by atoms with van der Waals surface area (Å²) in [6.45, 7) is 1.26. The number of likely N-dealkylation sites (tertiary alicyclic amines) is 1. The number of rotatable bonds is 11. The molecule has 1 aliphatic heterocycles. The first-order valence-corrected chi connectivity index (χ1v) is 16.2. The molecule has 42 heavy (non-hydrogen) atoms. The molecule has 0 saturated carbocycles. The van der Waals surface area contributed by atoms with Gasteiger partial charge in [-0.25, -0.2) is 17.9 Å². The molecule has 2 amide bonds. The fourth-order valence-electron chi connectivity index (χ4n) is 5.60. The van der Waals surface area contributed by atoms with Crippen LogP contribution in [0.25, 0.3) is 10.9 Å². The topological polar surface area (TPSA) is 97.7 Å². The van der Waals surface area contributed by atoms with Crippen LogP contribution in [-0.2, 0) is 34.3 Å². The van der Waals surface area contributed by atoms with Crippen LogP contribution < -0.4 is 4.72 Å². The Labute approximate surface area is 247 Å².